The summed E-state index contributed by atoms with van der Waals surface area (Å²) in [5.74, 6) is 0. The number of rotatable bonds is 0. The molecule has 1 heterocycles. The van der Waals surface area contributed by atoms with E-state index < -0.39 is 0 Å². The number of hydrogen-bond acceptors (Lipinski definition) is 2. The zero-order valence-corrected chi connectivity index (χ0v) is 4.00. The molecule has 0 unspecified atom stereocenters. The Morgan fingerprint density at radius 2 is 2.43 bits per heavy atom. The zero-order valence-electron chi connectivity index (χ0n) is 4.00. The molecule has 1 aliphatic heterocycles. The lowest BCUT2D eigenvalue weighted by Gasteiger charge is -1.94. The largest absolute Gasteiger partial charge is 0.391 e. The van der Waals surface area contributed by atoms with Crippen molar-refractivity contribution in [2.45, 2.75) is 18.5 Å². The van der Waals surface area contributed by atoms with Gasteiger partial charge in [-0.2, -0.15) is 0 Å². The van der Waals surface area contributed by atoms with Gasteiger partial charge in [-0.05, 0) is 6.42 Å². The van der Waals surface area contributed by atoms with Crippen LogP contribution in [0.2, 0.25) is 0 Å². The summed E-state index contributed by atoms with van der Waals surface area (Å²) in [4.78, 5) is 0. The highest BCUT2D eigenvalue weighted by atomic mass is 16.5. The van der Waals surface area contributed by atoms with Crippen molar-refractivity contribution in [3.63, 3.8) is 0 Å². The van der Waals surface area contributed by atoms with Gasteiger partial charge >= 0.3 is 0 Å². The summed E-state index contributed by atoms with van der Waals surface area (Å²) in [6.07, 6.45) is 0.259. The average Bonchev–Trinajstić information content (AvgIpc) is 1.87. The average molecular weight is 97.9 g/mol. The predicted molar refractivity (Wildman–Crippen MR) is 26.1 cm³/mol. The van der Waals surface area contributed by atoms with E-state index in [1.807, 2.05) is 0 Å². The molecule has 1 saturated heterocycles. The molecule has 2 atom stereocenters. The van der Waals surface area contributed by atoms with E-state index in [4.69, 9.17) is 17.7 Å². The van der Waals surface area contributed by atoms with Crippen molar-refractivity contribution in [3.8, 4) is 0 Å². The first kappa shape index (κ1) is 5.13. The molecule has 0 spiro atoms. The van der Waals surface area contributed by atoms with Crippen molar-refractivity contribution in [2.75, 3.05) is 6.61 Å². The number of hydrogen-bond donors (Lipinski definition) is 1. The molecule has 1 fully saturated rings. The molecule has 0 amide bonds. The van der Waals surface area contributed by atoms with Gasteiger partial charge in [0, 0.05) is 6.00 Å². The standard InChI is InChI=1S/C4H7BO2/c5-4-1-3(6)2-7-4/h3-4,6H,1-2H2/t3-,4-/m0/s1. The first-order valence-corrected chi connectivity index (χ1v) is 2.34. The Morgan fingerprint density at radius 3 is 2.57 bits per heavy atom. The Kier molecular flexibility index (Phi) is 1.35. The Bertz CT molecular complexity index is 58.7. The van der Waals surface area contributed by atoms with Gasteiger partial charge < -0.3 is 9.84 Å². The maximum Gasteiger partial charge on any atom is 0.109 e. The summed E-state index contributed by atoms with van der Waals surface area (Å²) in [6.45, 7) is 0.404. The molecular weight excluding hydrogens is 90.9 g/mol. The zero-order chi connectivity index (χ0) is 5.28. The third kappa shape index (κ3) is 1.18. The van der Waals surface area contributed by atoms with Crippen LogP contribution in [0.15, 0.2) is 0 Å². The molecule has 2 nitrogen and oxygen atoms in total. The van der Waals surface area contributed by atoms with Gasteiger partial charge in [0.05, 0.1) is 12.7 Å². The van der Waals surface area contributed by atoms with Crippen molar-refractivity contribution in [2.24, 2.45) is 0 Å². The lowest BCUT2D eigenvalue weighted by Crippen LogP contribution is -2.05. The quantitative estimate of drug-likeness (QED) is 0.404. The van der Waals surface area contributed by atoms with E-state index in [1.54, 1.807) is 0 Å². The van der Waals surface area contributed by atoms with Crippen LogP contribution < -0.4 is 0 Å². The second kappa shape index (κ2) is 1.84. The van der Waals surface area contributed by atoms with Crippen molar-refractivity contribution >= 4 is 7.85 Å². The topological polar surface area (TPSA) is 29.5 Å². The minimum atomic E-state index is -0.324. The monoisotopic (exact) mass is 98.1 g/mol. The van der Waals surface area contributed by atoms with Crippen molar-refractivity contribution in [1.29, 1.82) is 0 Å². The molecule has 0 aromatic carbocycles. The van der Waals surface area contributed by atoms with Crippen LogP contribution in [0, 0.1) is 0 Å². The highest BCUT2D eigenvalue weighted by Gasteiger charge is 2.17. The van der Waals surface area contributed by atoms with E-state index in [9.17, 15) is 0 Å². The Labute approximate surface area is 43.9 Å². The molecular formula is C4H7BO2. The van der Waals surface area contributed by atoms with E-state index in [1.165, 1.54) is 0 Å². The van der Waals surface area contributed by atoms with E-state index in [2.05, 4.69) is 0 Å². The molecule has 0 saturated carbocycles. The maximum atomic E-state index is 8.69. The smallest absolute Gasteiger partial charge is 0.109 e. The summed E-state index contributed by atoms with van der Waals surface area (Å²) < 4.78 is 4.79. The molecule has 2 radical (unpaired) electrons. The van der Waals surface area contributed by atoms with Gasteiger partial charge in [-0.25, -0.2) is 0 Å². The van der Waals surface area contributed by atoms with Gasteiger partial charge in [0.25, 0.3) is 0 Å². The first-order valence-electron chi connectivity index (χ1n) is 2.34. The lowest BCUT2D eigenvalue weighted by atomic mass is 9.97. The van der Waals surface area contributed by atoms with Gasteiger partial charge in [0.15, 0.2) is 0 Å². The highest BCUT2D eigenvalue weighted by Crippen LogP contribution is 2.08. The molecule has 1 aliphatic rings. The molecule has 38 valence electrons. The van der Waals surface area contributed by atoms with Gasteiger partial charge in [0.2, 0.25) is 0 Å². The van der Waals surface area contributed by atoms with Crippen LogP contribution in [0.5, 0.6) is 0 Å². The van der Waals surface area contributed by atoms with Crippen LogP contribution in [0.4, 0.5) is 0 Å². The van der Waals surface area contributed by atoms with Gasteiger partial charge in [0.1, 0.15) is 7.85 Å². The second-order valence-corrected chi connectivity index (χ2v) is 1.76. The minimum Gasteiger partial charge on any atom is -0.391 e. The maximum absolute atomic E-state index is 8.69. The SMILES string of the molecule is [B][C@@H]1C[C@H](O)CO1. The molecule has 1 N–H and O–H groups in total. The first-order chi connectivity index (χ1) is 3.29. The van der Waals surface area contributed by atoms with Crippen LogP contribution in [-0.2, 0) is 4.74 Å². The third-order valence-electron chi connectivity index (χ3n) is 1.01. The highest BCUT2D eigenvalue weighted by molar-refractivity contribution is 6.11. The van der Waals surface area contributed by atoms with Gasteiger partial charge in [-0.15, -0.1) is 0 Å². The van der Waals surface area contributed by atoms with Crippen LogP contribution in [-0.4, -0.2) is 31.7 Å². The second-order valence-electron chi connectivity index (χ2n) is 1.76. The van der Waals surface area contributed by atoms with Crippen molar-refractivity contribution in [1.82, 2.24) is 0 Å². The van der Waals surface area contributed by atoms with E-state index in [-0.39, 0.29) is 12.1 Å². The third-order valence-corrected chi connectivity index (χ3v) is 1.01. The van der Waals surface area contributed by atoms with Gasteiger partial charge in [-0.1, -0.05) is 0 Å². The summed E-state index contributed by atoms with van der Waals surface area (Å²) in [7, 11) is 5.24. The summed E-state index contributed by atoms with van der Waals surface area (Å²) >= 11 is 0. The van der Waals surface area contributed by atoms with Crippen LogP contribution in [0.25, 0.3) is 0 Å². The Morgan fingerprint density at radius 1 is 1.71 bits per heavy atom. The number of aliphatic hydroxyl groups is 1. The predicted octanol–water partition coefficient (Wildman–Crippen LogP) is -0.738. The van der Waals surface area contributed by atoms with E-state index in [0.717, 1.165) is 0 Å². The molecule has 3 heteroatoms. The summed E-state index contributed by atoms with van der Waals surface area (Å²) in [5, 5.41) is 8.69. The molecule has 0 bridgehead atoms. The number of ether oxygens (including phenoxy) is 1. The Hall–Kier alpha value is -0.0151. The fourth-order valence-electron chi connectivity index (χ4n) is 0.639. The minimum absolute atomic E-state index is 0.227. The molecule has 0 aromatic heterocycles. The normalized spacial score (nSPS) is 41.9. The summed E-state index contributed by atoms with van der Waals surface area (Å²) in [5.41, 5.74) is 0. The Balaban J connectivity index is 2.26. The molecule has 7 heavy (non-hydrogen) atoms. The molecule has 1 rings (SSSR count). The fraction of sp³-hybridized carbons (Fsp3) is 1.00. The van der Waals surface area contributed by atoms with Crippen LogP contribution in [0.1, 0.15) is 6.42 Å². The van der Waals surface area contributed by atoms with E-state index >= 15 is 0 Å². The van der Waals surface area contributed by atoms with Gasteiger partial charge in [-0.3, -0.25) is 0 Å². The fourth-order valence-corrected chi connectivity index (χ4v) is 0.639. The number of aliphatic hydroxyl groups excluding tert-OH is 1. The molecule has 0 aliphatic carbocycles. The summed E-state index contributed by atoms with van der Waals surface area (Å²) in [6, 6.07) is -0.227. The van der Waals surface area contributed by atoms with E-state index in [0.29, 0.717) is 13.0 Å². The van der Waals surface area contributed by atoms with Crippen molar-refractivity contribution in [3.05, 3.63) is 0 Å². The van der Waals surface area contributed by atoms with Crippen LogP contribution >= 0.6 is 0 Å². The van der Waals surface area contributed by atoms with Crippen LogP contribution in [0.3, 0.4) is 0 Å². The van der Waals surface area contributed by atoms with Crippen molar-refractivity contribution < 1.29 is 9.84 Å². The molecule has 0 aromatic rings. The lowest BCUT2D eigenvalue weighted by molar-refractivity contribution is 0.117.